The fourth-order valence-corrected chi connectivity index (χ4v) is 4.86. The molecule has 0 bridgehead atoms. The number of alkyl halides is 1. The fourth-order valence-electron chi connectivity index (χ4n) is 4.86. The maximum Gasteiger partial charge on any atom is 0.103 e. The van der Waals surface area contributed by atoms with Crippen molar-refractivity contribution in [2.75, 3.05) is 0 Å². The van der Waals surface area contributed by atoms with Gasteiger partial charge in [-0.15, -0.1) is 0 Å². The molecule has 2 rings (SSSR count). The Kier molecular flexibility index (Phi) is 4.09. The van der Waals surface area contributed by atoms with Crippen LogP contribution < -0.4 is 0 Å². The van der Waals surface area contributed by atoms with E-state index in [1.54, 1.807) is 6.92 Å². The van der Waals surface area contributed by atoms with E-state index in [1.165, 1.54) is 38.5 Å². The first-order valence-corrected chi connectivity index (χ1v) is 8.09. The van der Waals surface area contributed by atoms with E-state index in [1.807, 2.05) is 0 Å². The highest BCUT2D eigenvalue weighted by atomic mass is 19.1. The first-order chi connectivity index (χ1) is 8.45. The van der Waals surface area contributed by atoms with Gasteiger partial charge in [-0.2, -0.15) is 0 Å². The molecule has 1 heteroatoms. The second-order valence-electron chi connectivity index (χ2n) is 7.45. The molecule has 4 atom stereocenters. The zero-order chi connectivity index (χ0) is 13.4. The lowest BCUT2D eigenvalue weighted by molar-refractivity contribution is -0.0560. The smallest absolute Gasteiger partial charge is 0.103 e. The Labute approximate surface area is 113 Å². The number of hydrogen-bond donors (Lipinski definition) is 0. The molecule has 0 heterocycles. The molecular weight excluding hydrogens is 223 g/mol. The highest BCUT2D eigenvalue weighted by Crippen LogP contribution is 2.62. The van der Waals surface area contributed by atoms with E-state index in [-0.39, 0.29) is 5.41 Å². The maximum atomic E-state index is 14.3. The standard InChI is InChI=1S/C17H31F/c1-5-11-16(3,13(2)18)15-8-6-7-12-17(15,4)14-9-10-14/h13-15H,5-12H2,1-4H3. The van der Waals surface area contributed by atoms with E-state index in [0.717, 1.165) is 18.8 Å². The van der Waals surface area contributed by atoms with Crippen LogP contribution in [0.4, 0.5) is 4.39 Å². The summed E-state index contributed by atoms with van der Waals surface area (Å²) < 4.78 is 14.3. The summed E-state index contributed by atoms with van der Waals surface area (Å²) in [5.41, 5.74) is 0.342. The molecule has 0 aromatic carbocycles. The summed E-state index contributed by atoms with van der Waals surface area (Å²) in [5, 5.41) is 0. The van der Waals surface area contributed by atoms with Gasteiger partial charge in [-0.1, -0.05) is 40.0 Å². The minimum absolute atomic E-state index is 0.0908. The molecule has 0 aromatic rings. The first kappa shape index (κ1) is 14.3. The molecular formula is C17H31F. The lowest BCUT2D eigenvalue weighted by atomic mass is 9.53. The molecule has 0 spiro atoms. The van der Waals surface area contributed by atoms with E-state index in [0.29, 0.717) is 11.3 Å². The predicted octanol–water partition coefficient (Wildman–Crippen LogP) is 5.76. The van der Waals surface area contributed by atoms with Crippen LogP contribution in [-0.2, 0) is 0 Å². The molecule has 4 unspecified atom stereocenters. The van der Waals surface area contributed by atoms with Crippen molar-refractivity contribution in [3.05, 3.63) is 0 Å². The van der Waals surface area contributed by atoms with Crippen LogP contribution in [0.25, 0.3) is 0 Å². The van der Waals surface area contributed by atoms with E-state index in [2.05, 4.69) is 20.8 Å². The molecule has 0 amide bonds. The molecule has 2 fully saturated rings. The van der Waals surface area contributed by atoms with E-state index in [4.69, 9.17) is 0 Å². The topological polar surface area (TPSA) is 0 Å². The monoisotopic (exact) mass is 254 g/mol. The van der Waals surface area contributed by atoms with Crippen LogP contribution >= 0.6 is 0 Å². The summed E-state index contributed by atoms with van der Waals surface area (Å²) in [5.74, 6) is 1.50. The second-order valence-corrected chi connectivity index (χ2v) is 7.45. The van der Waals surface area contributed by atoms with Gasteiger partial charge in [0.1, 0.15) is 6.17 Å². The number of halogens is 1. The highest BCUT2D eigenvalue weighted by molar-refractivity contribution is 5.03. The molecule has 0 aromatic heterocycles. The van der Waals surface area contributed by atoms with Crippen molar-refractivity contribution < 1.29 is 4.39 Å². The highest BCUT2D eigenvalue weighted by Gasteiger charge is 2.54. The molecule has 0 nitrogen and oxygen atoms in total. The molecule has 2 aliphatic carbocycles. The summed E-state index contributed by atoms with van der Waals surface area (Å²) >= 11 is 0. The normalized spacial score (nSPS) is 38.2. The summed E-state index contributed by atoms with van der Waals surface area (Å²) in [6.07, 6.45) is 9.58. The zero-order valence-electron chi connectivity index (χ0n) is 12.8. The van der Waals surface area contributed by atoms with Crippen molar-refractivity contribution in [3.8, 4) is 0 Å². The fraction of sp³-hybridized carbons (Fsp3) is 1.00. The average Bonchev–Trinajstić information content (AvgIpc) is 3.13. The van der Waals surface area contributed by atoms with Crippen LogP contribution in [-0.4, -0.2) is 6.17 Å². The summed E-state index contributed by atoms with van der Waals surface area (Å²) in [7, 11) is 0. The van der Waals surface area contributed by atoms with Crippen molar-refractivity contribution in [2.24, 2.45) is 22.7 Å². The number of rotatable bonds is 5. The van der Waals surface area contributed by atoms with Gasteiger partial charge in [0.2, 0.25) is 0 Å². The molecule has 0 radical (unpaired) electrons. The van der Waals surface area contributed by atoms with Gasteiger partial charge in [-0.05, 0) is 56.3 Å². The van der Waals surface area contributed by atoms with Gasteiger partial charge >= 0.3 is 0 Å². The van der Waals surface area contributed by atoms with Crippen molar-refractivity contribution in [2.45, 2.75) is 85.2 Å². The van der Waals surface area contributed by atoms with Crippen molar-refractivity contribution >= 4 is 0 Å². The van der Waals surface area contributed by atoms with Crippen LogP contribution in [0.15, 0.2) is 0 Å². The van der Waals surface area contributed by atoms with Crippen molar-refractivity contribution in [3.63, 3.8) is 0 Å². The SMILES string of the molecule is CCCC(C)(C(C)F)C1CCCCC1(C)C1CC1. The molecule has 0 N–H and O–H groups in total. The first-order valence-electron chi connectivity index (χ1n) is 8.09. The van der Waals surface area contributed by atoms with Gasteiger partial charge in [0.05, 0.1) is 0 Å². The minimum atomic E-state index is -0.668. The van der Waals surface area contributed by atoms with Crippen molar-refractivity contribution in [1.29, 1.82) is 0 Å². The number of hydrogen-bond acceptors (Lipinski definition) is 0. The second kappa shape index (κ2) is 5.13. The van der Waals surface area contributed by atoms with Gasteiger partial charge in [-0.25, -0.2) is 4.39 Å². The Morgan fingerprint density at radius 3 is 2.44 bits per heavy atom. The van der Waals surface area contributed by atoms with Gasteiger partial charge < -0.3 is 0 Å². The molecule has 106 valence electrons. The third-order valence-electron chi connectivity index (χ3n) is 6.26. The predicted molar refractivity (Wildman–Crippen MR) is 76.4 cm³/mol. The molecule has 18 heavy (non-hydrogen) atoms. The van der Waals surface area contributed by atoms with Gasteiger partial charge in [0.15, 0.2) is 0 Å². The molecule has 2 saturated carbocycles. The minimum Gasteiger partial charge on any atom is -0.247 e. The van der Waals surface area contributed by atoms with E-state index < -0.39 is 6.17 Å². The quantitative estimate of drug-likeness (QED) is 0.585. The third kappa shape index (κ3) is 2.34. The molecule has 0 saturated heterocycles. The Balaban J connectivity index is 2.25. The summed E-state index contributed by atoms with van der Waals surface area (Å²) in [6.45, 7) is 8.72. The third-order valence-corrected chi connectivity index (χ3v) is 6.26. The maximum absolute atomic E-state index is 14.3. The Hall–Kier alpha value is -0.0700. The van der Waals surface area contributed by atoms with Crippen LogP contribution in [0.5, 0.6) is 0 Å². The van der Waals surface area contributed by atoms with Crippen LogP contribution in [0, 0.1) is 22.7 Å². The van der Waals surface area contributed by atoms with E-state index >= 15 is 0 Å². The Morgan fingerprint density at radius 2 is 1.94 bits per heavy atom. The van der Waals surface area contributed by atoms with Crippen LogP contribution in [0.3, 0.4) is 0 Å². The summed E-state index contributed by atoms with van der Waals surface area (Å²) in [6, 6.07) is 0. The summed E-state index contributed by atoms with van der Waals surface area (Å²) in [4.78, 5) is 0. The lowest BCUT2D eigenvalue weighted by Crippen LogP contribution is -2.47. The van der Waals surface area contributed by atoms with E-state index in [9.17, 15) is 4.39 Å². The van der Waals surface area contributed by atoms with Crippen molar-refractivity contribution in [1.82, 2.24) is 0 Å². The average molecular weight is 254 g/mol. The largest absolute Gasteiger partial charge is 0.247 e. The van der Waals surface area contributed by atoms with Gasteiger partial charge in [0.25, 0.3) is 0 Å². The van der Waals surface area contributed by atoms with Gasteiger partial charge in [-0.3, -0.25) is 0 Å². The Morgan fingerprint density at radius 1 is 1.28 bits per heavy atom. The molecule has 0 aliphatic heterocycles. The van der Waals surface area contributed by atoms with Crippen LogP contribution in [0.1, 0.15) is 79.1 Å². The van der Waals surface area contributed by atoms with Crippen LogP contribution in [0.2, 0.25) is 0 Å². The Bertz CT molecular complexity index is 281. The lowest BCUT2D eigenvalue weighted by Gasteiger charge is -2.52. The zero-order valence-corrected chi connectivity index (χ0v) is 12.8. The molecule has 2 aliphatic rings. The van der Waals surface area contributed by atoms with Gasteiger partial charge in [0, 0.05) is 5.41 Å².